The van der Waals surface area contributed by atoms with Crippen LogP contribution in [0.25, 0.3) is 5.53 Å². The Kier molecular flexibility index (Phi) is 5.14. The molecule has 0 unspecified atom stereocenters. The standard InChI is InChI=1S/C7H11N3O3/c1-2-3-5(7(12)13)10-6(11)4-9-8/h4-5H,2-3H2,1H3,(H,10,11)(H,12,13)/t5-/m0/s1. The molecule has 0 aliphatic rings. The number of carboxylic acids is 1. The molecule has 0 aromatic heterocycles. The minimum absolute atomic E-state index is 0.348. The van der Waals surface area contributed by atoms with E-state index in [-0.39, 0.29) is 0 Å². The van der Waals surface area contributed by atoms with Crippen molar-refractivity contribution in [1.82, 2.24) is 5.32 Å². The lowest BCUT2D eigenvalue weighted by Gasteiger charge is -2.09. The highest BCUT2D eigenvalue weighted by Crippen LogP contribution is 1.95. The Bertz CT molecular complexity index is 245. The molecule has 1 atom stereocenters. The van der Waals surface area contributed by atoms with Crippen LogP contribution < -0.4 is 5.32 Å². The number of nitrogens with zero attached hydrogens (tertiary/aromatic N) is 2. The fourth-order valence-corrected chi connectivity index (χ4v) is 0.807. The van der Waals surface area contributed by atoms with Gasteiger partial charge in [0.1, 0.15) is 6.04 Å². The molecule has 0 aromatic rings. The minimum atomic E-state index is -1.10. The summed E-state index contributed by atoms with van der Waals surface area (Å²) >= 11 is 0. The van der Waals surface area contributed by atoms with Gasteiger partial charge in [-0.3, -0.25) is 4.79 Å². The summed E-state index contributed by atoms with van der Waals surface area (Å²) in [5.74, 6) is -1.81. The average molecular weight is 185 g/mol. The van der Waals surface area contributed by atoms with Crippen molar-refractivity contribution < 1.29 is 19.5 Å². The van der Waals surface area contributed by atoms with Gasteiger partial charge in [0.25, 0.3) is 0 Å². The molecule has 13 heavy (non-hydrogen) atoms. The van der Waals surface area contributed by atoms with Gasteiger partial charge in [-0.2, -0.15) is 4.79 Å². The number of carbonyl (C=O) groups is 2. The fourth-order valence-electron chi connectivity index (χ4n) is 0.807. The smallest absolute Gasteiger partial charge is 0.344 e. The summed E-state index contributed by atoms with van der Waals surface area (Å²) in [6.45, 7) is 1.81. The van der Waals surface area contributed by atoms with Crippen LogP contribution in [-0.2, 0) is 9.59 Å². The molecule has 0 fully saturated rings. The molecule has 0 rings (SSSR count). The van der Waals surface area contributed by atoms with Gasteiger partial charge in [-0.1, -0.05) is 13.3 Å². The zero-order chi connectivity index (χ0) is 10.3. The van der Waals surface area contributed by atoms with E-state index in [1.807, 2.05) is 6.92 Å². The molecule has 0 heterocycles. The summed E-state index contributed by atoms with van der Waals surface area (Å²) in [4.78, 5) is 23.7. The summed E-state index contributed by atoms with van der Waals surface area (Å²) in [6, 6.07) is -0.921. The first-order chi connectivity index (χ1) is 6.11. The van der Waals surface area contributed by atoms with Gasteiger partial charge in [0.05, 0.1) is 0 Å². The molecule has 6 heteroatoms. The van der Waals surface area contributed by atoms with E-state index in [2.05, 4.69) is 10.1 Å². The van der Waals surface area contributed by atoms with E-state index < -0.39 is 17.9 Å². The van der Waals surface area contributed by atoms with Crippen molar-refractivity contribution in [2.24, 2.45) is 0 Å². The number of aliphatic carboxylic acids is 1. The van der Waals surface area contributed by atoms with Crippen molar-refractivity contribution in [3.8, 4) is 0 Å². The second-order valence-corrected chi connectivity index (χ2v) is 2.43. The van der Waals surface area contributed by atoms with E-state index in [1.165, 1.54) is 0 Å². The van der Waals surface area contributed by atoms with Gasteiger partial charge in [0, 0.05) is 0 Å². The molecule has 0 spiro atoms. The molecule has 0 saturated heterocycles. The van der Waals surface area contributed by atoms with E-state index in [9.17, 15) is 9.59 Å². The number of amides is 1. The summed E-state index contributed by atoms with van der Waals surface area (Å²) < 4.78 is 0. The second-order valence-electron chi connectivity index (χ2n) is 2.43. The highest BCUT2D eigenvalue weighted by atomic mass is 16.4. The van der Waals surface area contributed by atoms with Crippen molar-refractivity contribution in [3.63, 3.8) is 0 Å². The Balaban J connectivity index is 4.16. The van der Waals surface area contributed by atoms with Crippen molar-refractivity contribution in [3.05, 3.63) is 5.53 Å². The van der Waals surface area contributed by atoms with Crippen molar-refractivity contribution >= 4 is 18.1 Å². The zero-order valence-corrected chi connectivity index (χ0v) is 7.23. The third-order valence-electron chi connectivity index (χ3n) is 1.37. The average Bonchev–Trinajstić information content (AvgIpc) is 2.04. The monoisotopic (exact) mass is 185 g/mol. The van der Waals surface area contributed by atoms with Crippen LogP contribution in [0.5, 0.6) is 0 Å². The number of carboxylic acid groups (broad SMARTS) is 1. The normalized spacial score (nSPS) is 11.2. The zero-order valence-electron chi connectivity index (χ0n) is 7.23. The molecular formula is C7H11N3O3. The van der Waals surface area contributed by atoms with Crippen LogP contribution in [0.4, 0.5) is 0 Å². The number of nitrogens with one attached hydrogen (secondary N) is 1. The van der Waals surface area contributed by atoms with E-state index in [0.717, 1.165) is 0 Å². The van der Waals surface area contributed by atoms with Crippen LogP contribution in [0, 0.1) is 0 Å². The Morgan fingerprint density at radius 3 is 2.69 bits per heavy atom. The van der Waals surface area contributed by atoms with Crippen molar-refractivity contribution in [2.45, 2.75) is 25.8 Å². The topological polar surface area (TPSA) is 103 Å². The molecule has 0 saturated carbocycles. The van der Waals surface area contributed by atoms with E-state index in [0.29, 0.717) is 19.1 Å². The van der Waals surface area contributed by atoms with Crippen LogP contribution in [0.1, 0.15) is 19.8 Å². The Morgan fingerprint density at radius 1 is 1.69 bits per heavy atom. The van der Waals surface area contributed by atoms with E-state index >= 15 is 0 Å². The summed E-state index contributed by atoms with van der Waals surface area (Å²) in [5.41, 5.74) is 7.98. The highest BCUT2D eigenvalue weighted by molar-refractivity contribution is 6.24. The van der Waals surface area contributed by atoms with Gasteiger partial charge in [-0.25, -0.2) is 4.79 Å². The second kappa shape index (κ2) is 5.91. The molecule has 2 N–H and O–H groups in total. The Morgan fingerprint density at radius 2 is 2.31 bits per heavy atom. The fraction of sp³-hybridized carbons (Fsp3) is 0.571. The lowest BCUT2D eigenvalue weighted by atomic mass is 10.2. The summed E-state index contributed by atoms with van der Waals surface area (Å²) in [6.07, 6.45) is 1.61. The van der Waals surface area contributed by atoms with Crippen molar-refractivity contribution in [2.75, 3.05) is 0 Å². The lowest BCUT2D eigenvalue weighted by Crippen LogP contribution is -2.41. The first kappa shape index (κ1) is 11.3. The van der Waals surface area contributed by atoms with Gasteiger partial charge in [0.15, 0.2) is 0 Å². The third kappa shape index (κ3) is 4.71. The van der Waals surface area contributed by atoms with Crippen LogP contribution in [0.2, 0.25) is 0 Å². The molecule has 6 nitrogen and oxygen atoms in total. The maximum Gasteiger partial charge on any atom is 0.344 e. The maximum absolute atomic E-state index is 10.7. The maximum atomic E-state index is 10.7. The molecule has 0 aliphatic heterocycles. The van der Waals surface area contributed by atoms with Gasteiger partial charge >= 0.3 is 18.1 Å². The first-order valence-corrected chi connectivity index (χ1v) is 3.82. The molecule has 72 valence electrons. The van der Waals surface area contributed by atoms with Crippen LogP contribution in [0.15, 0.2) is 0 Å². The molecular weight excluding hydrogens is 174 g/mol. The predicted octanol–water partition coefficient (Wildman–Crippen LogP) is -0.344. The SMILES string of the molecule is CCC[C@H](NC(=O)C=[N+]=[N-])C(=O)O. The van der Waals surface area contributed by atoms with Gasteiger partial charge < -0.3 is 16.0 Å². The molecule has 0 aliphatic carbocycles. The van der Waals surface area contributed by atoms with Crippen LogP contribution in [-0.4, -0.2) is 34.0 Å². The van der Waals surface area contributed by atoms with Gasteiger partial charge in [-0.05, 0) is 6.42 Å². The first-order valence-electron chi connectivity index (χ1n) is 3.82. The molecule has 1 amide bonds. The predicted molar refractivity (Wildman–Crippen MR) is 44.2 cm³/mol. The van der Waals surface area contributed by atoms with Crippen molar-refractivity contribution in [1.29, 1.82) is 0 Å². The summed E-state index contributed by atoms with van der Waals surface area (Å²) in [5, 5.41) is 10.8. The Labute approximate surface area is 75.2 Å². The lowest BCUT2D eigenvalue weighted by molar-refractivity contribution is -0.141. The third-order valence-corrected chi connectivity index (χ3v) is 1.37. The number of hydrogen-bond donors (Lipinski definition) is 2. The molecule has 0 aromatic carbocycles. The van der Waals surface area contributed by atoms with E-state index in [1.54, 1.807) is 0 Å². The number of carbonyl (C=O) groups excluding carboxylic acids is 1. The summed E-state index contributed by atoms with van der Waals surface area (Å²) in [7, 11) is 0. The quantitative estimate of drug-likeness (QED) is 0.347. The molecule has 0 bridgehead atoms. The largest absolute Gasteiger partial charge is 0.480 e. The highest BCUT2D eigenvalue weighted by Gasteiger charge is 2.18. The molecule has 0 radical (unpaired) electrons. The van der Waals surface area contributed by atoms with Gasteiger partial charge in [-0.15, -0.1) is 0 Å². The van der Waals surface area contributed by atoms with Crippen LogP contribution in [0.3, 0.4) is 0 Å². The van der Waals surface area contributed by atoms with Crippen LogP contribution >= 0.6 is 0 Å². The minimum Gasteiger partial charge on any atom is -0.480 e. The number of hydrogen-bond acceptors (Lipinski definition) is 2. The number of rotatable bonds is 5. The van der Waals surface area contributed by atoms with Gasteiger partial charge in [0.2, 0.25) is 0 Å². The van der Waals surface area contributed by atoms with E-state index in [4.69, 9.17) is 10.6 Å². The Hall–Kier alpha value is -1.68.